The first kappa shape index (κ1) is 18.0. The van der Waals surface area contributed by atoms with Crippen LogP contribution in [0.4, 0.5) is 0 Å². The van der Waals surface area contributed by atoms with Crippen LogP contribution >= 0.6 is 0 Å². The molecule has 0 spiro atoms. The molecular weight excluding hydrogens is 320 g/mol. The van der Waals surface area contributed by atoms with Crippen LogP contribution in [-0.2, 0) is 4.79 Å². The number of ether oxygens (including phenoxy) is 2. The average Bonchev–Trinajstić information content (AvgIpc) is 2.64. The number of rotatable bonds is 7. The highest BCUT2D eigenvalue weighted by atomic mass is 16.5. The van der Waals surface area contributed by atoms with Gasteiger partial charge in [0.1, 0.15) is 11.5 Å². The highest BCUT2D eigenvalue weighted by Crippen LogP contribution is 2.25. The molecule has 0 radical (unpaired) electrons. The number of carbonyl (C=O) groups excluding carboxylic acids is 1. The van der Waals surface area contributed by atoms with E-state index >= 15 is 0 Å². The Hall–Kier alpha value is -3.34. The molecule has 128 valence electrons. The second-order valence-electron chi connectivity index (χ2n) is 5.07. The van der Waals surface area contributed by atoms with Crippen LogP contribution < -0.4 is 9.47 Å². The predicted octanol–water partition coefficient (Wildman–Crippen LogP) is 3.61. The molecule has 0 saturated heterocycles. The van der Waals surface area contributed by atoms with E-state index in [9.17, 15) is 9.59 Å². The molecule has 0 heterocycles. The minimum absolute atomic E-state index is 0.317. The van der Waals surface area contributed by atoms with Crippen molar-refractivity contribution >= 4 is 17.3 Å². The van der Waals surface area contributed by atoms with E-state index in [0.717, 1.165) is 6.08 Å². The van der Waals surface area contributed by atoms with Gasteiger partial charge in [0.15, 0.2) is 5.78 Å². The van der Waals surface area contributed by atoms with E-state index in [-0.39, 0.29) is 5.78 Å². The summed E-state index contributed by atoms with van der Waals surface area (Å²) in [4.78, 5) is 23.6. The molecule has 0 aliphatic carbocycles. The minimum atomic E-state index is -1.09. The largest absolute Gasteiger partial charge is 0.497 e. The Morgan fingerprint density at radius 2 is 1.68 bits per heavy atom. The van der Waals surface area contributed by atoms with Gasteiger partial charge in [-0.05, 0) is 35.4 Å². The van der Waals surface area contributed by atoms with Gasteiger partial charge in [0.2, 0.25) is 0 Å². The maximum Gasteiger partial charge on any atom is 0.328 e. The Morgan fingerprint density at radius 3 is 2.28 bits per heavy atom. The second kappa shape index (κ2) is 8.49. The second-order valence-corrected chi connectivity index (χ2v) is 5.07. The highest BCUT2D eigenvalue weighted by Gasteiger charge is 2.11. The minimum Gasteiger partial charge on any atom is -0.497 e. The molecule has 0 fully saturated rings. The average molecular weight is 338 g/mol. The molecule has 0 atom stereocenters. The Bertz CT molecular complexity index is 819. The van der Waals surface area contributed by atoms with Crippen LogP contribution in [0, 0.1) is 0 Å². The fourth-order valence-electron chi connectivity index (χ4n) is 2.25. The normalized spacial score (nSPS) is 11.4. The lowest BCUT2D eigenvalue weighted by Gasteiger charge is -2.08. The number of aliphatic carboxylic acids is 1. The third-order valence-corrected chi connectivity index (χ3v) is 3.47. The first-order valence-corrected chi connectivity index (χ1v) is 7.49. The first-order chi connectivity index (χ1) is 12.0. The molecular formula is C20H18O5. The number of methoxy groups -OCH3 is 2. The van der Waals surface area contributed by atoms with Crippen LogP contribution in [0.15, 0.2) is 66.8 Å². The number of hydrogen-bond donors (Lipinski definition) is 1. The maximum absolute atomic E-state index is 12.5. The zero-order valence-electron chi connectivity index (χ0n) is 13.9. The molecule has 2 rings (SSSR count). The molecule has 0 bridgehead atoms. The SMILES string of the molecule is COc1ccc(OC)c(C(=O)/C=C/C(=C/C(=O)O)c2ccccc2)c1. The Balaban J connectivity index is 2.36. The van der Waals surface area contributed by atoms with Crippen molar-refractivity contribution in [1.82, 2.24) is 0 Å². The molecule has 25 heavy (non-hydrogen) atoms. The smallest absolute Gasteiger partial charge is 0.328 e. The monoisotopic (exact) mass is 338 g/mol. The van der Waals surface area contributed by atoms with Crippen molar-refractivity contribution in [3.63, 3.8) is 0 Å². The predicted molar refractivity (Wildman–Crippen MR) is 95.1 cm³/mol. The quantitative estimate of drug-likeness (QED) is 0.474. The zero-order chi connectivity index (χ0) is 18.2. The third-order valence-electron chi connectivity index (χ3n) is 3.47. The van der Waals surface area contributed by atoms with Crippen LogP contribution in [-0.4, -0.2) is 31.1 Å². The zero-order valence-corrected chi connectivity index (χ0v) is 13.9. The topological polar surface area (TPSA) is 72.8 Å². The van der Waals surface area contributed by atoms with Gasteiger partial charge in [-0.1, -0.05) is 36.4 Å². The van der Waals surface area contributed by atoms with Gasteiger partial charge in [-0.3, -0.25) is 4.79 Å². The van der Waals surface area contributed by atoms with E-state index in [2.05, 4.69) is 0 Å². The van der Waals surface area contributed by atoms with Gasteiger partial charge in [-0.2, -0.15) is 0 Å². The van der Waals surface area contributed by atoms with Gasteiger partial charge in [0, 0.05) is 6.08 Å². The molecule has 0 saturated carbocycles. The van der Waals surface area contributed by atoms with Crippen LogP contribution in [0.2, 0.25) is 0 Å². The summed E-state index contributed by atoms with van der Waals surface area (Å²) in [5.74, 6) is -0.460. The fourth-order valence-corrected chi connectivity index (χ4v) is 2.25. The Kier molecular flexibility index (Phi) is 6.12. The summed E-state index contributed by atoms with van der Waals surface area (Å²) < 4.78 is 10.3. The van der Waals surface area contributed by atoms with Gasteiger partial charge in [0.25, 0.3) is 0 Å². The summed E-state index contributed by atoms with van der Waals surface area (Å²) in [5.41, 5.74) is 1.45. The third kappa shape index (κ3) is 4.81. The lowest BCUT2D eigenvalue weighted by atomic mass is 10.0. The number of carboxylic acids is 1. The first-order valence-electron chi connectivity index (χ1n) is 7.49. The maximum atomic E-state index is 12.5. The van der Waals surface area contributed by atoms with Gasteiger partial charge < -0.3 is 14.6 Å². The van der Waals surface area contributed by atoms with Gasteiger partial charge in [-0.25, -0.2) is 4.79 Å². The number of hydrogen-bond acceptors (Lipinski definition) is 4. The molecule has 2 aromatic rings. The van der Waals surface area contributed by atoms with Crippen LogP contribution in [0.5, 0.6) is 11.5 Å². The molecule has 0 aromatic heterocycles. The summed E-state index contributed by atoms with van der Waals surface area (Å²) in [5, 5.41) is 9.05. The van der Waals surface area contributed by atoms with Crippen molar-refractivity contribution in [3.8, 4) is 11.5 Å². The lowest BCUT2D eigenvalue weighted by molar-refractivity contribution is -0.131. The standard InChI is InChI=1S/C20H18O5/c1-24-16-9-11-19(25-2)17(13-16)18(21)10-8-15(12-20(22)23)14-6-4-3-5-7-14/h3-13H,1-2H3,(H,22,23)/b10-8+,15-12-. The van der Waals surface area contributed by atoms with E-state index in [0.29, 0.717) is 28.2 Å². The van der Waals surface area contributed by atoms with Crippen LogP contribution in [0.1, 0.15) is 15.9 Å². The molecule has 1 N–H and O–H groups in total. The number of allylic oxidation sites excluding steroid dienone is 3. The number of benzene rings is 2. The molecule has 5 nitrogen and oxygen atoms in total. The van der Waals surface area contributed by atoms with Crippen molar-refractivity contribution in [3.05, 3.63) is 77.9 Å². The lowest BCUT2D eigenvalue weighted by Crippen LogP contribution is -2.00. The van der Waals surface area contributed by atoms with Crippen molar-refractivity contribution in [2.24, 2.45) is 0 Å². The van der Waals surface area contributed by atoms with E-state index in [4.69, 9.17) is 14.6 Å². The Morgan fingerprint density at radius 1 is 0.960 bits per heavy atom. The summed E-state index contributed by atoms with van der Waals surface area (Å²) >= 11 is 0. The van der Waals surface area contributed by atoms with Gasteiger partial charge >= 0.3 is 5.97 Å². The van der Waals surface area contributed by atoms with E-state index in [1.807, 2.05) is 6.07 Å². The van der Waals surface area contributed by atoms with Gasteiger partial charge in [0.05, 0.1) is 19.8 Å². The van der Waals surface area contributed by atoms with E-state index in [1.54, 1.807) is 42.5 Å². The Labute approximate surface area is 145 Å². The fraction of sp³-hybridized carbons (Fsp3) is 0.100. The van der Waals surface area contributed by atoms with E-state index < -0.39 is 5.97 Å². The van der Waals surface area contributed by atoms with Crippen molar-refractivity contribution < 1.29 is 24.2 Å². The molecule has 0 aliphatic rings. The molecule has 5 heteroatoms. The molecule has 2 aromatic carbocycles. The van der Waals surface area contributed by atoms with Crippen LogP contribution in [0.3, 0.4) is 0 Å². The molecule has 0 amide bonds. The summed E-state index contributed by atoms with van der Waals surface area (Å²) in [7, 11) is 2.98. The summed E-state index contributed by atoms with van der Waals surface area (Å²) in [6, 6.07) is 13.9. The number of carbonyl (C=O) groups is 2. The number of carboxylic acid groups (broad SMARTS) is 1. The number of ketones is 1. The summed E-state index contributed by atoms with van der Waals surface area (Å²) in [6.07, 6.45) is 3.85. The van der Waals surface area contributed by atoms with Gasteiger partial charge in [-0.15, -0.1) is 0 Å². The van der Waals surface area contributed by atoms with Crippen molar-refractivity contribution in [1.29, 1.82) is 0 Å². The van der Waals surface area contributed by atoms with E-state index in [1.165, 1.54) is 26.4 Å². The molecule has 0 unspecified atom stereocenters. The van der Waals surface area contributed by atoms with Crippen LogP contribution in [0.25, 0.3) is 5.57 Å². The molecule has 0 aliphatic heterocycles. The highest BCUT2D eigenvalue weighted by molar-refractivity contribution is 6.08. The summed E-state index contributed by atoms with van der Waals surface area (Å²) in [6.45, 7) is 0. The van der Waals surface area contributed by atoms with Crippen molar-refractivity contribution in [2.45, 2.75) is 0 Å². The van der Waals surface area contributed by atoms with Crippen molar-refractivity contribution in [2.75, 3.05) is 14.2 Å².